The van der Waals surface area contributed by atoms with Crippen molar-refractivity contribution in [3.05, 3.63) is 39.7 Å². The molecule has 138 valence electrons. The van der Waals surface area contributed by atoms with Gasteiger partial charge in [-0.1, -0.05) is 6.92 Å². The van der Waals surface area contributed by atoms with E-state index >= 15 is 0 Å². The quantitative estimate of drug-likeness (QED) is 0.829. The fraction of sp³-hybridized carbons (Fsp3) is 0.591. The van der Waals surface area contributed by atoms with E-state index in [9.17, 15) is 9.90 Å². The van der Waals surface area contributed by atoms with Gasteiger partial charge in [0.25, 0.3) is 0 Å². The number of phenolic OH excluding ortho intramolecular Hbond substituents is 1. The van der Waals surface area contributed by atoms with Gasteiger partial charge in [0, 0.05) is 42.3 Å². The van der Waals surface area contributed by atoms with Gasteiger partial charge >= 0.3 is 5.63 Å². The highest BCUT2D eigenvalue weighted by Gasteiger charge is 2.53. The molecule has 0 saturated heterocycles. The molecule has 26 heavy (non-hydrogen) atoms. The molecule has 4 aliphatic rings. The molecule has 1 aromatic heterocycles. The van der Waals surface area contributed by atoms with Crippen molar-refractivity contribution in [3.63, 3.8) is 0 Å². The summed E-state index contributed by atoms with van der Waals surface area (Å²) in [5.74, 6) is 3.00. The Labute approximate surface area is 153 Å². The second kappa shape index (κ2) is 5.85. The number of phenols is 1. The molecule has 0 atom stereocenters. The van der Waals surface area contributed by atoms with Crippen molar-refractivity contribution < 1.29 is 14.8 Å². The zero-order valence-electron chi connectivity index (χ0n) is 15.5. The lowest BCUT2D eigenvalue weighted by molar-refractivity contribution is -0.752. The topological polar surface area (TPSA) is 67.0 Å². The van der Waals surface area contributed by atoms with Gasteiger partial charge in [-0.15, -0.1) is 0 Å². The third kappa shape index (κ3) is 2.66. The minimum atomic E-state index is -0.324. The van der Waals surface area contributed by atoms with Gasteiger partial charge in [0.2, 0.25) is 0 Å². The molecule has 2 aromatic rings. The minimum Gasteiger partial charge on any atom is -0.508 e. The van der Waals surface area contributed by atoms with Crippen molar-refractivity contribution in [1.82, 2.24) is 0 Å². The van der Waals surface area contributed by atoms with Gasteiger partial charge in [0.05, 0.1) is 5.54 Å². The highest BCUT2D eigenvalue weighted by atomic mass is 16.4. The number of hydrogen-bond donors (Lipinski definition) is 2. The first-order chi connectivity index (χ1) is 12.5. The van der Waals surface area contributed by atoms with Gasteiger partial charge in [0.1, 0.15) is 17.9 Å². The van der Waals surface area contributed by atoms with Crippen molar-refractivity contribution >= 4 is 11.0 Å². The molecule has 0 spiro atoms. The van der Waals surface area contributed by atoms with Crippen LogP contribution in [0.5, 0.6) is 5.75 Å². The van der Waals surface area contributed by atoms with E-state index in [1.807, 2.05) is 13.0 Å². The zero-order chi connectivity index (χ0) is 17.9. The molecule has 1 aromatic carbocycles. The van der Waals surface area contributed by atoms with Crippen LogP contribution in [0.3, 0.4) is 0 Å². The molecule has 6 rings (SSSR count). The Hall–Kier alpha value is -1.81. The van der Waals surface area contributed by atoms with E-state index in [0.29, 0.717) is 11.1 Å². The number of fused-ring (bicyclic) bond motifs is 1. The maximum absolute atomic E-state index is 12.0. The van der Waals surface area contributed by atoms with Gasteiger partial charge in [-0.05, 0) is 55.1 Å². The van der Waals surface area contributed by atoms with Crippen molar-refractivity contribution in [3.8, 4) is 5.75 Å². The van der Waals surface area contributed by atoms with E-state index < -0.39 is 0 Å². The Morgan fingerprint density at radius 1 is 1.08 bits per heavy atom. The molecule has 1 heterocycles. The molecule has 4 aliphatic carbocycles. The van der Waals surface area contributed by atoms with Crippen LogP contribution in [-0.4, -0.2) is 10.6 Å². The van der Waals surface area contributed by atoms with Crippen LogP contribution in [0.4, 0.5) is 0 Å². The van der Waals surface area contributed by atoms with Crippen LogP contribution < -0.4 is 10.9 Å². The molecule has 0 aliphatic heterocycles. The summed E-state index contributed by atoms with van der Waals surface area (Å²) in [5.41, 5.74) is 2.52. The van der Waals surface area contributed by atoms with Crippen LogP contribution >= 0.6 is 0 Å². The molecule has 4 nitrogen and oxygen atoms in total. The standard InChI is InChI=1S/C22H27NO3/c1-2-16-6-18-17(7-21(25)26-20(18)8-19(16)24)12-23-22-9-13-3-14(10-22)5-15(4-13)11-22/h6-8,13-15,23-24H,2-5,9-12H2,1H3/p+1. The number of rotatable bonds is 4. The summed E-state index contributed by atoms with van der Waals surface area (Å²) in [6.45, 7) is 2.85. The van der Waals surface area contributed by atoms with Crippen LogP contribution in [0, 0.1) is 17.8 Å². The second-order valence-electron chi connectivity index (χ2n) is 9.11. The number of benzene rings is 1. The summed E-state index contributed by atoms with van der Waals surface area (Å²) < 4.78 is 5.35. The van der Waals surface area contributed by atoms with Crippen molar-refractivity contribution in [1.29, 1.82) is 0 Å². The molecular formula is C22H28NO3+. The molecule has 0 amide bonds. The molecule has 4 saturated carbocycles. The lowest BCUT2D eigenvalue weighted by Crippen LogP contribution is -2.97. The first-order valence-corrected chi connectivity index (χ1v) is 10.2. The normalized spacial score (nSPS) is 32.4. The summed E-state index contributed by atoms with van der Waals surface area (Å²) in [5, 5.41) is 13.6. The highest BCUT2D eigenvalue weighted by Crippen LogP contribution is 2.54. The van der Waals surface area contributed by atoms with Crippen molar-refractivity contribution in [2.24, 2.45) is 17.8 Å². The zero-order valence-corrected chi connectivity index (χ0v) is 15.5. The second-order valence-corrected chi connectivity index (χ2v) is 9.11. The SMILES string of the molecule is CCc1cc2c(C[NH2+]C34CC5CC(CC(C5)C3)C4)cc(=O)oc2cc1O. The number of quaternary nitrogens is 1. The molecular weight excluding hydrogens is 326 g/mol. The Bertz CT molecular complexity index is 878. The molecule has 0 unspecified atom stereocenters. The summed E-state index contributed by atoms with van der Waals surface area (Å²) in [7, 11) is 0. The number of hydrogen-bond acceptors (Lipinski definition) is 3. The molecule has 4 heteroatoms. The van der Waals surface area contributed by atoms with E-state index in [4.69, 9.17) is 4.42 Å². The molecule has 0 radical (unpaired) electrons. The van der Waals surface area contributed by atoms with Gasteiger partial charge in [-0.2, -0.15) is 0 Å². The third-order valence-corrected chi connectivity index (χ3v) is 7.25. The lowest BCUT2D eigenvalue weighted by atomic mass is 9.53. The largest absolute Gasteiger partial charge is 0.508 e. The van der Waals surface area contributed by atoms with E-state index in [1.165, 1.54) is 38.5 Å². The van der Waals surface area contributed by atoms with Gasteiger partial charge < -0.3 is 14.8 Å². The van der Waals surface area contributed by atoms with Crippen molar-refractivity contribution in [2.45, 2.75) is 64.0 Å². The van der Waals surface area contributed by atoms with E-state index in [-0.39, 0.29) is 11.4 Å². The first kappa shape index (κ1) is 16.4. The average molecular weight is 354 g/mol. The number of aromatic hydroxyl groups is 1. The van der Waals surface area contributed by atoms with Gasteiger partial charge in [-0.3, -0.25) is 0 Å². The summed E-state index contributed by atoms with van der Waals surface area (Å²) in [6.07, 6.45) is 9.15. The molecule has 4 bridgehead atoms. The van der Waals surface area contributed by atoms with Crippen LogP contribution in [0.15, 0.2) is 27.4 Å². The highest BCUT2D eigenvalue weighted by molar-refractivity contribution is 5.82. The molecule has 3 N–H and O–H groups in total. The van der Waals surface area contributed by atoms with E-state index in [1.54, 1.807) is 12.1 Å². The van der Waals surface area contributed by atoms with Crippen LogP contribution in [0.1, 0.15) is 56.6 Å². The smallest absolute Gasteiger partial charge is 0.336 e. The fourth-order valence-electron chi connectivity index (χ4n) is 6.51. The Kier molecular flexibility index (Phi) is 3.68. The van der Waals surface area contributed by atoms with Gasteiger partial charge in [-0.25, -0.2) is 4.79 Å². The predicted molar refractivity (Wildman–Crippen MR) is 100 cm³/mol. The van der Waals surface area contributed by atoms with E-state index in [2.05, 4.69) is 5.32 Å². The minimum absolute atomic E-state index is 0.213. The Morgan fingerprint density at radius 2 is 1.73 bits per heavy atom. The third-order valence-electron chi connectivity index (χ3n) is 7.25. The first-order valence-electron chi connectivity index (χ1n) is 10.2. The van der Waals surface area contributed by atoms with E-state index in [0.717, 1.165) is 47.2 Å². The summed E-state index contributed by atoms with van der Waals surface area (Å²) in [6, 6.07) is 5.25. The van der Waals surface area contributed by atoms with Crippen molar-refractivity contribution in [2.75, 3.05) is 0 Å². The Morgan fingerprint density at radius 3 is 2.35 bits per heavy atom. The molecule has 4 fully saturated rings. The predicted octanol–water partition coefficient (Wildman–Crippen LogP) is 3.09. The maximum atomic E-state index is 12.0. The number of nitrogens with two attached hydrogens (primary N) is 1. The van der Waals surface area contributed by atoms with Crippen LogP contribution in [-0.2, 0) is 13.0 Å². The maximum Gasteiger partial charge on any atom is 0.336 e. The van der Waals surface area contributed by atoms with Crippen LogP contribution in [0.2, 0.25) is 0 Å². The van der Waals surface area contributed by atoms with Gasteiger partial charge in [0.15, 0.2) is 0 Å². The average Bonchev–Trinajstić information content (AvgIpc) is 2.58. The Balaban J connectivity index is 1.47. The number of aryl methyl sites for hydroxylation is 1. The summed E-state index contributed by atoms with van der Waals surface area (Å²) >= 11 is 0. The fourth-order valence-corrected chi connectivity index (χ4v) is 6.51. The monoisotopic (exact) mass is 354 g/mol. The lowest BCUT2D eigenvalue weighted by Gasteiger charge is -2.54. The summed E-state index contributed by atoms with van der Waals surface area (Å²) in [4.78, 5) is 12.0. The van der Waals surface area contributed by atoms with Crippen LogP contribution in [0.25, 0.3) is 11.0 Å².